The molecule has 2 amide bonds. The molecule has 3 aromatic heterocycles. The summed E-state index contributed by atoms with van der Waals surface area (Å²) in [7, 11) is 1.67. The van der Waals surface area contributed by atoms with Gasteiger partial charge in [-0.3, -0.25) is 14.3 Å². The molecule has 1 fully saturated rings. The molecule has 11 nitrogen and oxygen atoms in total. The molecule has 6 rings (SSSR count). The van der Waals surface area contributed by atoms with Gasteiger partial charge in [-0.25, -0.2) is 19.2 Å². The molecular weight excluding hydrogens is 493 g/mol. The zero-order valence-corrected chi connectivity index (χ0v) is 20.7. The predicted octanol–water partition coefficient (Wildman–Crippen LogP) is 2.72. The molecular formula is C26H24FN7O4. The first-order valence-electron chi connectivity index (χ1n) is 12.2. The van der Waals surface area contributed by atoms with Crippen LogP contribution < -0.4 is 0 Å². The minimum atomic E-state index is -1.12. The Morgan fingerprint density at radius 3 is 2.55 bits per heavy atom. The highest BCUT2D eigenvalue weighted by molar-refractivity contribution is 5.99. The van der Waals surface area contributed by atoms with E-state index in [9.17, 15) is 18.8 Å². The van der Waals surface area contributed by atoms with Gasteiger partial charge in [0.1, 0.15) is 17.1 Å². The lowest BCUT2D eigenvalue weighted by molar-refractivity contribution is 0.0664. The molecule has 0 spiro atoms. The third kappa shape index (κ3) is 3.63. The maximum atomic E-state index is 14.0. The summed E-state index contributed by atoms with van der Waals surface area (Å²) < 4.78 is 15.7. The SMILES string of the molecule is Cc1c(F)ccc2[nH]c(C(=O)N3CCn4ncc(C(=O)N(C)C5(c6ncc(C(=O)O)cn6)CC5)c4C3)cc12. The van der Waals surface area contributed by atoms with Gasteiger partial charge in [-0.05, 0) is 43.5 Å². The minimum Gasteiger partial charge on any atom is -0.478 e. The fourth-order valence-corrected chi connectivity index (χ4v) is 5.09. The molecule has 1 aliphatic heterocycles. The van der Waals surface area contributed by atoms with E-state index < -0.39 is 11.5 Å². The summed E-state index contributed by atoms with van der Waals surface area (Å²) in [4.78, 5) is 52.9. The van der Waals surface area contributed by atoms with Crippen LogP contribution in [0.1, 0.15) is 61.1 Å². The molecule has 1 aromatic carbocycles. The largest absolute Gasteiger partial charge is 0.478 e. The fraction of sp³-hybridized carbons (Fsp3) is 0.308. The zero-order chi connectivity index (χ0) is 26.8. The fourth-order valence-electron chi connectivity index (χ4n) is 5.09. The van der Waals surface area contributed by atoms with Crippen molar-refractivity contribution in [1.29, 1.82) is 0 Å². The van der Waals surface area contributed by atoms with Crippen molar-refractivity contribution in [3.05, 3.63) is 76.5 Å². The second-order valence-corrected chi connectivity index (χ2v) is 9.77. The van der Waals surface area contributed by atoms with Crippen molar-refractivity contribution >= 4 is 28.7 Å². The van der Waals surface area contributed by atoms with Crippen LogP contribution in [0.4, 0.5) is 4.39 Å². The molecule has 0 saturated heterocycles. The molecule has 0 radical (unpaired) electrons. The molecule has 1 saturated carbocycles. The van der Waals surface area contributed by atoms with Crippen molar-refractivity contribution in [2.24, 2.45) is 0 Å². The van der Waals surface area contributed by atoms with Gasteiger partial charge < -0.3 is 19.9 Å². The summed E-state index contributed by atoms with van der Waals surface area (Å²) in [6.45, 7) is 2.70. The van der Waals surface area contributed by atoms with E-state index in [2.05, 4.69) is 20.1 Å². The first kappa shape index (κ1) is 23.8. The molecule has 0 atom stereocenters. The molecule has 38 heavy (non-hydrogen) atoms. The molecule has 12 heteroatoms. The first-order valence-corrected chi connectivity index (χ1v) is 12.2. The number of aromatic amines is 1. The molecule has 2 N–H and O–H groups in total. The van der Waals surface area contributed by atoms with Gasteiger partial charge >= 0.3 is 5.97 Å². The average Bonchev–Trinajstić information content (AvgIpc) is 3.44. The molecule has 4 heterocycles. The lowest BCUT2D eigenvalue weighted by atomic mass is 10.1. The highest BCUT2D eigenvalue weighted by Gasteiger charge is 2.53. The summed E-state index contributed by atoms with van der Waals surface area (Å²) in [5.74, 6) is -1.58. The number of carboxylic acids is 1. The molecule has 4 aromatic rings. The summed E-state index contributed by atoms with van der Waals surface area (Å²) in [6, 6.07) is 4.64. The standard InChI is InChI=1S/C26H24FN7O4/c1-14-16-9-20(31-19(16)4-3-18(14)27)23(36)33-7-8-34-21(13-33)17(12-30-34)22(35)32(2)26(5-6-26)25-28-10-15(11-29-25)24(37)38/h3-4,9-12,31H,5-8,13H2,1-2H3,(H,37,38). The number of nitrogens with zero attached hydrogens (tertiary/aromatic N) is 6. The normalized spacial score (nSPS) is 15.8. The highest BCUT2D eigenvalue weighted by atomic mass is 19.1. The van der Waals surface area contributed by atoms with Crippen molar-refractivity contribution in [3.8, 4) is 0 Å². The van der Waals surface area contributed by atoms with Crippen molar-refractivity contribution in [1.82, 2.24) is 34.5 Å². The summed E-state index contributed by atoms with van der Waals surface area (Å²) in [5, 5.41) is 14.2. The Labute approximate surface area is 215 Å². The van der Waals surface area contributed by atoms with E-state index in [1.165, 1.54) is 24.7 Å². The maximum absolute atomic E-state index is 14.0. The van der Waals surface area contributed by atoms with Crippen LogP contribution in [0.2, 0.25) is 0 Å². The van der Waals surface area contributed by atoms with Gasteiger partial charge in [0.2, 0.25) is 0 Å². The number of hydrogen-bond acceptors (Lipinski definition) is 6. The number of aromatic carboxylic acids is 1. The number of rotatable bonds is 5. The number of carboxylic acid groups (broad SMARTS) is 1. The van der Waals surface area contributed by atoms with Crippen LogP contribution in [0.5, 0.6) is 0 Å². The van der Waals surface area contributed by atoms with Crippen molar-refractivity contribution in [3.63, 3.8) is 0 Å². The van der Waals surface area contributed by atoms with E-state index in [1.807, 2.05) is 0 Å². The number of fused-ring (bicyclic) bond motifs is 2. The van der Waals surface area contributed by atoms with Crippen LogP contribution in [0, 0.1) is 12.7 Å². The van der Waals surface area contributed by atoms with Crippen LogP contribution in [-0.4, -0.2) is 71.0 Å². The Morgan fingerprint density at radius 2 is 1.87 bits per heavy atom. The Balaban J connectivity index is 1.24. The number of aryl methyl sites for hydroxylation is 1. The predicted molar refractivity (Wildman–Crippen MR) is 132 cm³/mol. The summed E-state index contributed by atoms with van der Waals surface area (Å²) in [5.41, 5.74) is 1.77. The Hall–Kier alpha value is -4.61. The van der Waals surface area contributed by atoms with Gasteiger partial charge in [0.15, 0.2) is 5.82 Å². The van der Waals surface area contributed by atoms with Gasteiger partial charge in [-0.2, -0.15) is 5.10 Å². The molecule has 2 aliphatic rings. The van der Waals surface area contributed by atoms with Crippen molar-refractivity contribution < 1.29 is 23.9 Å². The molecule has 0 bridgehead atoms. The number of carbonyl (C=O) groups is 3. The Bertz CT molecular complexity index is 1620. The number of nitrogens with one attached hydrogen (secondary N) is 1. The van der Waals surface area contributed by atoms with Gasteiger partial charge in [0, 0.05) is 36.9 Å². The number of aromatic nitrogens is 5. The number of hydrogen-bond donors (Lipinski definition) is 2. The van der Waals surface area contributed by atoms with E-state index >= 15 is 0 Å². The lowest BCUT2D eigenvalue weighted by Crippen LogP contribution is -2.41. The van der Waals surface area contributed by atoms with Gasteiger partial charge in [-0.15, -0.1) is 0 Å². The lowest BCUT2D eigenvalue weighted by Gasteiger charge is -2.30. The van der Waals surface area contributed by atoms with Crippen LogP contribution >= 0.6 is 0 Å². The monoisotopic (exact) mass is 517 g/mol. The number of halogens is 1. The molecule has 0 unspecified atom stereocenters. The number of carbonyl (C=O) groups excluding carboxylic acids is 2. The third-order valence-electron chi connectivity index (χ3n) is 7.61. The second kappa shape index (κ2) is 8.47. The van der Waals surface area contributed by atoms with Crippen molar-refractivity contribution in [2.45, 2.75) is 38.4 Å². The molecule has 1 aliphatic carbocycles. The summed E-state index contributed by atoms with van der Waals surface area (Å²) >= 11 is 0. The van der Waals surface area contributed by atoms with Gasteiger partial charge in [0.25, 0.3) is 11.8 Å². The van der Waals surface area contributed by atoms with E-state index in [0.717, 1.165) is 0 Å². The van der Waals surface area contributed by atoms with E-state index in [4.69, 9.17) is 5.11 Å². The van der Waals surface area contributed by atoms with Crippen LogP contribution in [0.25, 0.3) is 10.9 Å². The second-order valence-electron chi connectivity index (χ2n) is 9.77. The van der Waals surface area contributed by atoms with Gasteiger partial charge in [-0.1, -0.05) is 0 Å². The first-order chi connectivity index (χ1) is 18.2. The van der Waals surface area contributed by atoms with Gasteiger partial charge in [0.05, 0.1) is 36.1 Å². The highest BCUT2D eigenvalue weighted by Crippen LogP contribution is 2.49. The minimum absolute atomic E-state index is 0.0238. The smallest absolute Gasteiger partial charge is 0.338 e. The average molecular weight is 518 g/mol. The Kier molecular flexibility index (Phi) is 5.30. The number of H-pyrrole nitrogens is 1. The van der Waals surface area contributed by atoms with Crippen LogP contribution in [0.3, 0.4) is 0 Å². The van der Waals surface area contributed by atoms with E-state index in [-0.39, 0.29) is 29.7 Å². The topological polar surface area (TPSA) is 137 Å². The van der Waals surface area contributed by atoms with E-state index in [0.29, 0.717) is 65.2 Å². The van der Waals surface area contributed by atoms with Crippen LogP contribution in [0.15, 0.2) is 36.8 Å². The third-order valence-corrected chi connectivity index (χ3v) is 7.61. The van der Waals surface area contributed by atoms with E-state index in [1.54, 1.807) is 40.6 Å². The molecule has 194 valence electrons. The quantitative estimate of drug-likeness (QED) is 0.415. The Morgan fingerprint density at radius 1 is 1.13 bits per heavy atom. The number of benzene rings is 1. The van der Waals surface area contributed by atoms with Crippen molar-refractivity contribution in [2.75, 3.05) is 13.6 Å². The van der Waals surface area contributed by atoms with Crippen LogP contribution in [-0.2, 0) is 18.6 Å². The number of amides is 2. The maximum Gasteiger partial charge on any atom is 0.338 e. The zero-order valence-electron chi connectivity index (χ0n) is 20.7. The summed E-state index contributed by atoms with van der Waals surface area (Å²) in [6.07, 6.45) is 5.30.